The van der Waals surface area contributed by atoms with Gasteiger partial charge in [-0.25, -0.2) is 4.79 Å². The fourth-order valence-corrected chi connectivity index (χ4v) is 4.97. The molecule has 6 heteroatoms. The maximum atomic E-state index is 12.9. The second-order valence-electron chi connectivity index (χ2n) is 6.87. The monoisotopic (exact) mass is 414 g/mol. The van der Waals surface area contributed by atoms with E-state index in [-0.39, 0.29) is 18.1 Å². The molecule has 3 aromatic heterocycles. The van der Waals surface area contributed by atoms with E-state index in [2.05, 4.69) is 4.98 Å². The fourth-order valence-electron chi connectivity index (χ4n) is 3.74. The average molecular weight is 414 g/mol. The number of carbonyl (C=O) groups excluding carboxylic acids is 1. The number of aromatic amines is 1. The Morgan fingerprint density at radius 1 is 1.07 bits per heavy atom. The third kappa shape index (κ3) is 2.93. The topological polar surface area (TPSA) is 64.1 Å². The first-order chi connectivity index (χ1) is 14.7. The van der Waals surface area contributed by atoms with Gasteiger partial charge in [0.2, 0.25) is 0 Å². The molecule has 0 aliphatic carbocycles. The van der Waals surface area contributed by atoms with Gasteiger partial charge in [0.25, 0.3) is 5.56 Å². The van der Waals surface area contributed by atoms with E-state index in [1.54, 1.807) is 23.6 Å². The van der Waals surface area contributed by atoms with Crippen molar-refractivity contribution in [2.24, 2.45) is 0 Å². The van der Waals surface area contributed by atoms with Crippen LogP contribution in [0.5, 0.6) is 0 Å². The lowest BCUT2D eigenvalue weighted by molar-refractivity contribution is 0.0533. The Balaban J connectivity index is 1.84. The number of H-pyrrole nitrogens is 1. The van der Waals surface area contributed by atoms with Crippen molar-refractivity contribution < 1.29 is 9.53 Å². The zero-order valence-electron chi connectivity index (χ0n) is 16.2. The predicted octanol–water partition coefficient (Wildman–Crippen LogP) is 5.38. The first-order valence-corrected chi connectivity index (χ1v) is 10.5. The molecule has 0 unspecified atom stereocenters. The first kappa shape index (κ1) is 18.4. The standard InChI is InChI=1S/C24H18N2O3S/c1-2-29-24(28)22-21(15-6-4-3-5-7-15)18-9-11-20(27)26(23(18)30-22)17-8-10-19-16(14-17)12-13-25-19/h3-14,25H,2H2,1H3. The van der Waals surface area contributed by atoms with Crippen LogP contribution in [0.15, 0.2) is 77.7 Å². The van der Waals surface area contributed by atoms with Crippen LogP contribution in [0.1, 0.15) is 16.6 Å². The minimum atomic E-state index is -0.377. The number of hydrogen-bond donors (Lipinski definition) is 1. The molecule has 0 aliphatic heterocycles. The van der Waals surface area contributed by atoms with E-state index < -0.39 is 0 Å². The summed E-state index contributed by atoms with van der Waals surface area (Å²) in [5.74, 6) is -0.377. The SMILES string of the molecule is CCOC(=O)c1sc2c(ccc(=O)n2-c2ccc3[nH]ccc3c2)c1-c1ccccc1. The lowest BCUT2D eigenvalue weighted by Crippen LogP contribution is -2.16. The van der Waals surface area contributed by atoms with Gasteiger partial charge in [-0.2, -0.15) is 0 Å². The summed E-state index contributed by atoms with van der Waals surface area (Å²) in [6.07, 6.45) is 1.87. The minimum Gasteiger partial charge on any atom is -0.462 e. The number of hydrogen-bond acceptors (Lipinski definition) is 4. The second-order valence-corrected chi connectivity index (χ2v) is 7.87. The van der Waals surface area contributed by atoms with Crippen molar-refractivity contribution in [2.75, 3.05) is 6.61 Å². The summed E-state index contributed by atoms with van der Waals surface area (Å²) in [6, 6.07) is 20.9. The van der Waals surface area contributed by atoms with Gasteiger partial charge in [-0.1, -0.05) is 30.3 Å². The van der Waals surface area contributed by atoms with E-state index in [1.807, 2.05) is 60.8 Å². The van der Waals surface area contributed by atoms with Gasteiger partial charge >= 0.3 is 5.97 Å². The Morgan fingerprint density at radius 2 is 1.90 bits per heavy atom. The van der Waals surface area contributed by atoms with Gasteiger partial charge in [0.1, 0.15) is 9.71 Å². The molecule has 148 valence electrons. The third-order valence-electron chi connectivity index (χ3n) is 5.06. The Labute approximate surface area is 176 Å². The Bertz CT molecular complexity index is 1440. The Morgan fingerprint density at radius 3 is 2.70 bits per heavy atom. The molecule has 5 nitrogen and oxygen atoms in total. The van der Waals surface area contributed by atoms with Crippen molar-refractivity contribution in [1.29, 1.82) is 0 Å². The van der Waals surface area contributed by atoms with Crippen molar-refractivity contribution in [2.45, 2.75) is 6.92 Å². The summed E-state index contributed by atoms with van der Waals surface area (Å²) in [4.78, 5) is 30.1. The van der Waals surface area contributed by atoms with Gasteiger partial charge in [0.15, 0.2) is 0 Å². The maximum Gasteiger partial charge on any atom is 0.349 e. The molecule has 2 aromatic carbocycles. The number of ether oxygens (including phenoxy) is 1. The van der Waals surface area contributed by atoms with E-state index in [1.165, 1.54) is 11.3 Å². The van der Waals surface area contributed by atoms with E-state index in [0.717, 1.165) is 37.9 Å². The van der Waals surface area contributed by atoms with Crippen molar-refractivity contribution in [1.82, 2.24) is 9.55 Å². The molecule has 5 aromatic rings. The Hall–Kier alpha value is -3.64. The summed E-state index contributed by atoms with van der Waals surface area (Å²) < 4.78 is 6.99. The number of benzene rings is 2. The molecule has 5 rings (SSSR count). The maximum absolute atomic E-state index is 12.9. The van der Waals surface area contributed by atoms with Crippen LogP contribution >= 0.6 is 11.3 Å². The van der Waals surface area contributed by atoms with Crippen molar-refractivity contribution in [3.05, 3.63) is 88.2 Å². The highest BCUT2D eigenvalue weighted by atomic mass is 32.1. The molecule has 0 atom stereocenters. The highest BCUT2D eigenvalue weighted by Gasteiger charge is 2.23. The van der Waals surface area contributed by atoms with E-state index >= 15 is 0 Å². The molecular formula is C24H18N2O3S. The number of esters is 1. The summed E-state index contributed by atoms with van der Waals surface area (Å²) in [5, 5.41) is 1.87. The number of nitrogens with one attached hydrogen (secondary N) is 1. The summed E-state index contributed by atoms with van der Waals surface area (Å²) >= 11 is 1.29. The molecular weight excluding hydrogens is 396 g/mol. The predicted molar refractivity (Wildman–Crippen MR) is 121 cm³/mol. The quantitative estimate of drug-likeness (QED) is 0.402. The second kappa shape index (κ2) is 7.31. The van der Waals surface area contributed by atoms with Crippen LogP contribution in [0.4, 0.5) is 0 Å². The molecule has 0 saturated carbocycles. The highest BCUT2D eigenvalue weighted by molar-refractivity contribution is 7.21. The number of carbonyl (C=O) groups is 1. The molecule has 0 amide bonds. The van der Waals surface area contributed by atoms with Crippen LogP contribution in [0.25, 0.3) is 37.9 Å². The molecule has 0 aliphatic rings. The number of rotatable bonds is 4. The van der Waals surface area contributed by atoms with Crippen molar-refractivity contribution >= 4 is 38.4 Å². The van der Waals surface area contributed by atoms with Gasteiger partial charge in [0.05, 0.1) is 12.3 Å². The lowest BCUT2D eigenvalue weighted by Gasteiger charge is -2.08. The number of fused-ring (bicyclic) bond motifs is 2. The van der Waals surface area contributed by atoms with Crippen LogP contribution < -0.4 is 5.56 Å². The zero-order chi connectivity index (χ0) is 20.7. The third-order valence-corrected chi connectivity index (χ3v) is 6.23. The molecule has 1 N–H and O–H groups in total. The van der Waals surface area contributed by atoms with Crippen LogP contribution in [0, 0.1) is 0 Å². The fraction of sp³-hybridized carbons (Fsp3) is 0.0833. The molecule has 0 spiro atoms. The van der Waals surface area contributed by atoms with Gasteiger partial charge in [-0.3, -0.25) is 9.36 Å². The molecule has 30 heavy (non-hydrogen) atoms. The summed E-state index contributed by atoms with van der Waals surface area (Å²) in [6.45, 7) is 2.08. The van der Waals surface area contributed by atoms with E-state index in [0.29, 0.717) is 4.88 Å². The van der Waals surface area contributed by atoms with E-state index in [4.69, 9.17) is 4.74 Å². The van der Waals surface area contributed by atoms with Gasteiger partial charge < -0.3 is 9.72 Å². The molecule has 0 bridgehead atoms. The largest absolute Gasteiger partial charge is 0.462 e. The summed E-state index contributed by atoms with van der Waals surface area (Å²) in [7, 11) is 0. The van der Waals surface area contributed by atoms with Gasteiger partial charge in [-0.15, -0.1) is 11.3 Å². The van der Waals surface area contributed by atoms with Crippen LogP contribution in [0.3, 0.4) is 0 Å². The lowest BCUT2D eigenvalue weighted by atomic mass is 10.0. The van der Waals surface area contributed by atoms with Crippen molar-refractivity contribution in [3.63, 3.8) is 0 Å². The normalized spacial score (nSPS) is 11.2. The summed E-state index contributed by atoms with van der Waals surface area (Å²) in [5.41, 5.74) is 3.33. The number of aromatic nitrogens is 2. The van der Waals surface area contributed by atoms with Gasteiger partial charge in [-0.05, 0) is 42.8 Å². The smallest absolute Gasteiger partial charge is 0.349 e. The minimum absolute atomic E-state index is 0.145. The van der Waals surface area contributed by atoms with Crippen LogP contribution in [0.2, 0.25) is 0 Å². The van der Waals surface area contributed by atoms with Crippen LogP contribution in [-0.2, 0) is 4.74 Å². The molecule has 0 saturated heterocycles. The number of nitrogens with zero attached hydrogens (tertiary/aromatic N) is 1. The number of thiophene rings is 1. The Kier molecular flexibility index (Phi) is 4.48. The van der Waals surface area contributed by atoms with E-state index in [9.17, 15) is 9.59 Å². The van der Waals surface area contributed by atoms with Gasteiger partial charge in [0, 0.05) is 34.1 Å². The first-order valence-electron chi connectivity index (χ1n) is 9.66. The van der Waals surface area contributed by atoms with Crippen LogP contribution in [-0.4, -0.2) is 22.1 Å². The van der Waals surface area contributed by atoms with Crippen molar-refractivity contribution in [3.8, 4) is 16.8 Å². The average Bonchev–Trinajstić information content (AvgIpc) is 3.38. The zero-order valence-corrected chi connectivity index (χ0v) is 17.0. The highest BCUT2D eigenvalue weighted by Crippen LogP contribution is 2.39. The molecule has 0 fully saturated rings. The number of pyridine rings is 1. The molecule has 0 radical (unpaired) electrons. The molecule has 3 heterocycles.